The normalized spacial score (nSPS) is 16.4. The average Bonchev–Trinajstić information content (AvgIpc) is 3.13. The molecule has 2 aliphatic rings. The first-order valence-corrected chi connectivity index (χ1v) is 14.0. The predicted molar refractivity (Wildman–Crippen MR) is 145 cm³/mol. The van der Waals surface area contributed by atoms with Crippen molar-refractivity contribution in [3.8, 4) is 11.4 Å². The quantitative estimate of drug-likeness (QED) is 0.214. The lowest BCUT2D eigenvalue weighted by molar-refractivity contribution is 0.0931. The van der Waals surface area contributed by atoms with Crippen LogP contribution in [0.3, 0.4) is 0 Å². The maximum atomic E-state index is 12.7. The van der Waals surface area contributed by atoms with Crippen molar-refractivity contribution in [1.29, 1.82) is 0 Å². The van der Waals surface area contributed by atoms with Gasteiger partial charge in [-0.2, -0.15) is 0 Å². The Bertz CT molecular complexity index is 1300. The van der Waals surface area contributed by atoms with Crippen molar-refractivity contribution < 1.29 is 9.59 Å². The molecule has 7 heteroatoms. The van der Waals surface area contributed by atoms with Gasteiger partial charge in [-0.1, -0.05) is 70.7 Å². The number of carbonyl (C=O) groups is 2. The Hall–Kier alpha value is -3.07. The molecule has 6 nitrogen and oxygen atoms in total. The highest BCUT2D eigenvalue weighted by Crippen LogP contribution is 2.23. The van der Waals surface area contributed by atoms with E-state index in [1.165, 1.54) is 25.7 Å². The molecule has 2 amide bonds. The summed E-state index contributed by atoms with van der Waals surface area (Å²) >= 11 is -0.285. The lowest BCUT2D eigenvalue weighted by atomic mass is 10.1. The number of nitrogens with one attached hydrogen (secondary N) is 3. The highest BCUT2D eigenvalue weighted by Gasteiger charge is 2.16. The minimum absolute atomic E-state index is 0.0118. The first-order valence-electron chi connectivity index (χ1n) is 11.7. The zero-order valence-electron chi connectivity index (χ0n) is 18.8. The molecule has 1 aromatic heterocycles. The smallest absolute Gasteiger partial charge is 0.256 e. The van der Waals surface area contributed by atoms with Crippen molar-refractivity contribution in [1.82, 2.24) is 20.6 Å². The van der Waals surface area contributed by atoms with E-state index in [1.807, 2.05) is 54.6 Å². The number of H-pyrrole nitrogens is 1. The minimum Gasteiger partial charge on any atom is -0.349 e. The highest BCUT2D eigenvalue weighted by atomic mass is 127. The largest absolute Gasteiger partial charge is 0.349 e. The summed E-state index contributed by atoms with van der Waals surface area (Å²) in [5, 5.41) is 6.20. The van der Waals surface area contributed by atoms with E-state index >= 15 is 0 Å². The Labute approximate surface area is 208 Å². The third kappa shape index (κ3) is 5.35. The molecule has 0 bridgehead atoms. The number of hydrogen-bond acceptors (Lipinski definition) is 3. The monoisotopic (exact) mass is 566 g/mol. The molecule has 0 atom stereocenters. The lowest BCUT2D eigenvalue weighted by Gasteiger charge is -2.16. The third-order valence-electron chi connectivity index (χ3n) is 6.19. The summed E-state index contributed by atoms with van der Waals surface area (Å²) in [5.74, 6) is 0.586. The first-order chi connectivity index (χ1) is 16.7. The molecule has 0 saturated heterocycles. The van der Waals surface area contributed by atoms with Crippen LogP contribution in [0.2, 0.25) is 0 Å². The van der Waals surface area contributed by atoms with E-state index in [4.69, 9.17) is 0 Å². The number of nitrogens with zero attached hydrogens (tertiary/aromatic N) is 1. The van der Waals surface area contributed by atoms with Gasteiger partial charge in [-0.3, -0.25) is 9.59 Å². The van der Waals surface area contributed by atoms with Gasteiger partial charge in [0.15, 0.2) is 0 Å². The molecule has 0 unspecified atom stereocenters. The van der Waals surface area contributed by atoms with Crippen molar-refractivity contribution in [2.75, 3.05) is 0 Å². The van der Waals surface area contributed by atoms with Crippen LogP contribution < -0.4 is 10.6 Å². The van der Waals surface area contributed by atoms with Crippen LogP contribution in [0.25, 0.3) is 22.4 Å². The van der Waals surface area contributed by atoms with E-state index in [0.717, 1.165) is 33.1 Å². The fourth-order valence-electron chi connectivity index (χ4n) is 4.33. The summed E-state index contributed by atoms with van der Waals surface area (Å²) in [4.78, 5) is 33.3. The number of imidazole rings is 1. The maximum absolute atomic E-state index is 12.7. The Kier molecular flexibility index (Phi) is 6.99. The number of hydrogen-bond donors (Lipinski definition) is 3. The number of halogens is 1. The maximum Gasteiger partial charge on any atom is 0.256 e. The number of rotatable bonds is 5. The molecule has 1 aliphatic heterocycles. The van der Waals surface area contributed by atoms with E-state index in [0.29, 0.717) is 17.0 Å². The van der Waals surface area contributed by atoms with Crippen LogP contribution in [0.4, 0.5) is 0 Å². The Morgan fingerprint density at radius 3 is 2.41 bits per heavy atom. The minimum atomic E-state index is -0.285. The van der Waals surface area contributed by atoms with Gasteiger partial charge in [0.1, 0.15) is 5.82 Å². The van der Waals surface area contributed by atoms with Gasteiger partial charge in [-0.05, 0) is 53.3 Å². The van der Waals surface area contributed by atoms with Crippen molar-refractivity contribution in [2.45, 2.75) is 44.6 Å². The van der Waals surface area contributed by atoms with E-state index in [-0.39, 0.29) is 38.6 Å². The molecular formula is C27H27IN4O2. The van der Waals surface area contributed by atoms with E-state index in [9.17, 15) is 9.59 Å². The van der Waals surface area contributed by atoms with Crippen molar-refractivity contribution in [3.63, 3.8) is 0 Å². The van der Waals surface area contributed by atoms with Crippen LogP contribution in [0, 0.1) is 0 Å². The predicted octanol–water partition coefficient (Wildman–Crippen LogP) is 5.60. The molecule has 0 spiro atoms. The molecular weight excluding hydrogens is 539 g/mol. The Balaban J connectivity index is 1.28. The zero-order valence-corrected chi connectivity index (χ0v) is 21.0. The lowest BCUT2D eigenvalue weighted by Crippen LogP contribution is -2.34. The van der Waals surface area contributed by atoms with Gasteiger partial charge in [-0.15, -0.1) is 0 Å². The first kappa shape index (κ1) is 22.7. The second-order valence-corrected chi connectivity index (χ2v) is 11.1. The van der Waals surface area contributed by atoms with Crippen molar-refractivity contribution in [2.24, 2.45) is 0 Å². The number of aromatic nitrogens is 2. The Morgan fingerprint density at radius 1 is 0.912 bits per heavy atom. The van der Waals surface area contributed by atoms with E-state index in [1.54, 1.807) is 6.07 Å². The molecule has 3 N–H and O–H groups in total. The number of allylic oxidation sites excluding steroid dienone is 3. The standard InChI is InChI=1S/C27H27IN4O2/c33-26(29-21-7-3-1-2-4-8-21)19-12-10-18(11-13-19)25-30-22-15-14-20(17-23(22)31-25)27(34)32-24-9-5-6-16-28-24/h5-6,9-17,21H,1-4,7-8H2,(H,29,33)(H,30,31)(H,32,34). The highest BCUT2D eigenvalue weighted by molar-refractivity contribution is 14.2. The topological polar surface area (TPSA) is 86.9 Å². The van der Waals surface area contributed by atoms with Gasteiger partial charge >= 0.3 is 0 Å². The summed E-state index contributed by atoms with van der Waals surface area (Å²) in [6.07, 6.45) is 12.9. The number of carbonyl (C=O) groups excluding carboxylic acids is 2. The zero-order chi connectivity index (χ0) is 23.3. The fraction of sp³-hybridized carbons (Fsp3) is 0.259. The molecule has 3 aromatic rings. The third-order valence-corrected chi connectivity index (χ3v) is 8.27. The van der Waals surface area contributed by atoms with Gasteiger partial charge < -0.3 is 15.6 Å². The molecule has 1 aliphatic carbocycles. The van der Waals surface area contributed by atoms with E-state index < -0.39 is 0 Å². The van der Waals surface area contributed by atoms with E-state index in [2.05, 4.69) is 24.6 Å². The fourth-order valence-corrected chi connectivity index (χ4v) is 5.98. The number of fused-ring (bicyclic) bond motifs is 1. The van der Waals surface area contributed by atoms with Gasteiger partial charge in [-0.25, -0.2) is 4.98 Å². The van der Waals surface area contributed by atoms with Crippen LogP contribution >= 0.6 is 20.7 Å². The summed E-state index contributed by atoms with van der Waals surface area (Å²) < 4.78 is 3.10. The van der Waals surface area contributed by atoms with Crippen molar-refractivity contribution >= 4 is 47.6 Å². The van der Waals surface area contributed by atoms with Gasteiger partial charge in [0.05, 0.1) is 14.7 Å². The van der Waals surface area contributed by atoms with Crippen LogP contribution in [-0.2, 0) is 0 Å². The van der Waals surface area contributed by atoms with Gasteiger partial charge in [0.25, 0.3) is 11.8 Å². The Morgan fingerprint density at radius 2 is 1.68 bits per heavy atom. The SMILES string of the molecule is O=C(NC1=CC=CC=I1)c1ccc2nc(-c3ccc(C(=O)NC4CCCCCC4)cc3)[nH]c2c1. The molecule has 34 heavy (non-hydrogen) atoms. The summed E-state index contributed by atoms with van der Waals surface area (Å²) in [7, 11) is 0. The number of benzene rings is 2. The van der Waals surface area contributed by atoms with Crippen LogP contribution in [0.1, 0.15) is 59.2 Å². The van der Waals surface area contributed by atoms with Crippen LogP contribution in [0.15, 0.2) is 64.4 Å². The van der Waals surface area contributed by atoms with Crippen molar-refractivity contribution in [3.05, 3.63) is 75.5 Å². The summed E-state index contributed by atoms with van der Waals surface area (Å²) in [5.41, 5.74) is 3.74. The number of aromatic amines is 1. The van der Waals surface area contributed by atoms with Crippen LogP contribution in [-0.4, -0.2) is 31.8 Å². The molecule has 0 radical (unpaired) electrons. The molecule has 2 heterocycles. The molecule has 1 fully saturated rings. The molecule has 1 saturated carbocycles. The molecule has 2 aromatic carbocycles. The molecule has 174 valence electrons. The van der Waals surface area contributed by atoms with Gasteiger partial charge in [0, 0.05) is 22.7 Å². The number of amides is 2. The summed E-state index contributed by atoms with van der Waals surface area (Å²) in [6.45, 7) is 0. The van der Waals surface area contributed by atoms with Gasteiger partial charge in [0.2, 0.25) is 0 Å². The average molecular weight is 566 g/mol. The second kappa shape index (κ2) is 10.5. The second-order valence-electron chi connectivity index (χ2n) is 8.65. The molecule has 5 rings (SSSR count). The van der Waals surface area contributed by atoms with Crippen LogP contribution in [0.5, 0.6) is 0 Å². The summed E-state index contributed by atoms with van der Waals surface area (Å²) in [6, 6.07) is 13.3.